The smallest absolute Gasteiger partial charge is 0.0834 e. The third-order valence-corrected chi connectivity index (χ3v) is 3.68. The van der Waals surface area contributed by atoms with E-state index in [2.05, 4.69) is 28.8 Å². The number of thiophene rings is 1. The summed E-state index contributed by atoms with van der Waals surface area (Å²) < 4.78 is 1.92. The van der Waals surface area contributed by atoms with E-state index in [0.29, 0.717) is 5.02 Å². The van der Waals surface area contributed by atoms with Crippen molar-refractivity contribution in [3.05, 3.63) is 39.3 Å². The average molecular weight is 270 g/mol. The van der Waals surface area contributed by atoms with E-state index in [1.807, 2.05) is 4.68 Å². The highest BCUT2D eigenvalue weighted by molar-refractivity contribution is 7.07. The van der Waals surface area contributed by atoms with Crippen LogP contribution in [0.5, 0.6) is 0 Å². The van der Waals surface area contributed by atoms with E-state index in [9.17, 15) is 0 Å². The lowest BCUT2D eigenvalue weighted by Crippen LogP contribution is -2.18. The molecule has 1 unspecified atom stereocenters. The molecule has 0 amide bonds. The zero-order valence-corrected chi connectivity index (χ0v) is 11.3. The van der Waals surface area contributed by atoms with Crippen molar-refractivity contribution in [2.24, 2.45) is 5.73 Å². The summed E-state index contributed by atoms with van der Waals surface area (Å²) in [6.07, 6.45) is 3.51. The minimum Gasteiger partial charge on any atom is -0.322 e. The molecule has 0 radical (unpaired) electrons. The van der Waals surface area contributed by atoms with Gasteiger partial charge < -0.3 is 5.73 Å². The minimum atomic E-state index is -0.0915. The molecule has 0 fully saturated rings. The van der Waals surface area contributed by atoms with Crippen molar-refractivity contribution in [2.75, 3.05) is 0 Å². The van der Waals surface area contributed by atoms with E-state index >= 15 is 0 Å². The van der Waals surface area contributed by atoms with Gasteiger partial charge in [-0.2, -0.15) is 16.4 Å². The van der Waals surface area contributed by atoms with Crippen molar-refractivity contribution in [1.82, 2.24) is 9.78 Å². The summed E-state index contributed by atoms with van der Waals surface area (Å²) in [6, 6.07) is 2.00. The van der Waals surface area contributed by atoms with Crippen molar-refractivity contribution in [3.8, 4) is 0 Å². The lowest BCUT2D eigenvalue weighted by Gasteiger charge is -2.14. The first kappa shape index (κ1) is 12.6. The molecule has 0 aliphatic carbocycles. The molecule has 1 atom stereocenters. The largest absolute Gasteiger partial charge is 0.322 e. The predicted molar refractivity (Wildman–Crippen MR) is 72.5 cm³/mol. The van der Waals surface area contributed by atoms with E-state index in [-0.39, 0.29) is 6.04 Å². The predicted octanol–water partition coefficient (Wildman–Crippen LogP) is 3.25. The van der Waals surface area contributed by atoms with Gasteiger partial charge >= 0.3 is 0 Å². The molecular formula is C12H16ClN3S. The van der Waals surface area contributed by atoms with E-state index in [1.54, 1.807) is 17.5 Å². The van der Waals surface area contributed by atoms with E-state index < -0.39 is 0 Å². The van der Waals surface area contributed by atoms with Crippen LogP contribution >= 0.6 is 22.9 Å². The molecular weight excluding hydrogens is 254 g/mol. The molecule has 0 aromatic carbocycles. The molecule has 2 rings (SSSR count). The Morgan fingerprint density at radius 1 is 1.59 bits per heavy atom. The number of rotatable bonds is 5. The van der Waals surface area contributed by atoms with Crippen molar-refractivity contribution in [1.29, 1.82) is 0 Å². The molecule has 92 valence electrons. The van der Waals surface area contributed by atoms with Gasteiger partial charge in [-0.15, -0.1) is 0 Å². The Bertz CT molecular complexity index is 464. The van der Waals surface area contributed by atoms with E-state index in [1.165, 1.54) is 5.56 Å². The lowest BCUT2D eigenvalue weighted by molar-refractivity contribution is 0.538. The van der Waals surface area contributed by atoms with Crippen LogP contribution in [0, 0.1) is 0 Å². The van der Waals surface area contributed by atoms with Crippen LogP contribution in [0.25, 0.3) is 0 Å². The van der Waals surface area contributed by atoms with Crippen LogP contribution in [0.1, 0.15) is 30.6 Å². The lowest BCUT2D eigenvalue weighted by atomic mass is 10.1. The Kier molecular flexibility index (Phi) is 4.20. The third kappa shape index (κ3) is 2.89. The molecule has 0 saturated carbocycles. The molecule has 0 bridgehead atoms. The van der Waals surface area contributed by atoms with Crippen LogP contribution in [0.2, 0.25) is 5.02 Å². The van der Waals surface area contributed by atoms with Gasteiger partial charge in [-0.25, -0.2) is 0 Å². The van der Waals surface area contributed by atoms with Crippen molar-refractivity contribution >= 4 is 22.9 Å². The average Bonchev–Trinajstić information content (AvgIpc) is 2.89. The molecule has 0 saturated heterocycles. The summed E-state index contributed by atoms with van der Waals surface area (Å²) in [4.78, 5) is 0. The summed E-state index contributed by atoms with van der Waals surface area (Å²) >= 11 is 7.84. The highest BCUT2D eigenvalue weighted by Crippen LogP contribution is 2.24. The zero-order valence-electron chi connectivity index (χ0n) is 9.77. The molecule has 17 heavy (non-hydrogen) atoms. The summed E-state index contributed by atoms with van der Waals surface area (Å²) in [6.45, 7) is 2.98. The maximum Gasteiger partial charge on any atom is 0.0834 e. The Balaban J connectivity index is 2.17. The fourth-order valence-corrected chi connectivity index (χ4v) is 2.85. The molecule has 2 heterocycles. The van der Waals surface area contributed by atoms with Gasteiger partial charge in [0.25, 0.3) is 0 Å². The summed E-state index contributed by atoms with van der Waals surface area (Å²) in [5.74, 6) is 0. The third-order valence-electron chi connectivity index (χ3n) is 2.66. The topological polar surface area (TPSA) is 43.8 Å². The molecule has 0 aliphatic heterocycles. The van der Waals surface area contributed by atoms with E-state index in [0.717, 1.165) is 25.1 Å². The highest BCUT2D eigenvalue weighted by Gasteiger charge is 2.17. The number of aromatic nitrogens is 2. The van der Waals surface area contributed by atoms with Crippen LogP contribution in [0.3, 0.4) is 0 Å². The number of hydrogen-bond acceptors (Lipinski definition) is 3. The van der Waals surface area contributed by atoms with Gasteiger partial charge in [0.15, 0.2) is 0 Å². The summed E-state index contributed by atoms with van der Waals surface area (Å²) in [5.41, 5.74) is 8.42. The van der Waals surface area contributed by atoms with Gasteiger partial charge in [0.2, 0.25) is 0 Å². The Labute approximate surface area is 110 Å². The fourth-order valence-electron chi connectivity index (χ4n) is 1.89. The number of halogens is 1. The van der Waals surface area contributed by atoms with Crippen LogP contribution < -0.4 is 5.73 Å². The summed E-state index contributed by atoms with van der Waals surface area (Å²) in [7, 11) is 0. The van der Waals surface area contributed by atoms with Gasteiger partial charge in [-0.05, 0) is 35.2 Å². The molecule has 5 heteroatoms. The molecule has 2 aromatic rings. The minimum absolute atomic E-state index is 0.0915. The van der Waals surface area contributed by atoms with Gasteiger partial charge in [0.05, 0.1) is 23.0 Å². The second kappa shape index (κ2) is 5.67. The van der Waals surface area contributed by atoms with Crippen molar-refractivity contribution in [2.45, 2.75) is 32.4 Å². The van der Waals surface area contributed by atoms with Gasteiger partial charge in [-0.1, -0.05) is 18.5 Å². The number of nitrogens with two attached hydrogens (primary N) is 1. The van der Waals surface area contributed by atoms with Gasteiger partial charge in [0.1, 0.15) is 0 Å². The van der Waals surface area contributed by atoms with Crippen LogP contribution in [-0.2, 0) is 13.0 Å². The zero-order chi connectivity index (χ0) is 12.3. The van der Waals surface area contributed by atoms with Crippen LogP contribution in [0.15, 0.2) is 23.0 Å². The number of nitrogens with zero attached hydrogens (tertiary/aromatic N) is 2. The Hall–Kier alpha value is -0.840. The van der Waals surface area contributed by atoms with Crippen molar-refractivity contribution in [3.63, 3.8) is 0 Å². The summed E-state index contributed by atoms with van der Waals surface area (Å²) in [5, 5.41) is 9.11. The SMILES string of the molecule is CCCn1ncc(Cl)c1C(N)Cc1ccsc1. The molecule has 0 aliphatic rings. The second-order valence-electron chi connectivity index (χ2n) is 4.04. The first-order chi connectivity index (χ1) is 8.22. The highest BCUT2D eigenvalue weighted by atomic mass is 35.5. The fraction of sp³-hybridized carbons (Fsp3) is 0.417. The molecule has 2 N–H and O–H groups in total. The molecule has 0 spiro atoms. The normalized spacial score (nSPS) is 12.9. The monoisotopic (exact) mass is 269 g/mol. The maximum absolute atomic E-state index is 6.22. The van der Waals surface area contributed by atoms with Crippen LogP contribution in [0.4, 0.5) is 0 Å². The standard InChI is InChI=1S/C12H16ClN3S/c1-2-4-16-12(10(13)7-15-16)11(14)6-9-3-5-17-8-9/h3,5,7-8,11H,2,4,6,14H2,1H3. The van der Waals surface area contributed by atoms with E-state index in [4.69, 9.17) is 17.3 Å². The first-order valence-corrected chi connectivity index (χ1v) is 7.02. The molecule has 3 nitrogen and oxygen atoms in total. The Morgan fingerprint density at radius 2 is 2.41 bits per heavy atom. The molecule has 2 aromatic heterocycles. The first-order valence-electron chi connectivity index (χ1n) is 5.70. The van der Waals surface area contributed by atoms with Gasteiger partial charge in [-0.3, -0.25) is 4.68 Å². The maximum atomic E-state index is 6.22. The quantitative estimate of drug-likeness (QED) is 0.906. The van der Waals surface area contributed by atoms with Crippen molar-refractivity contribution < 1.29 is 0 Å². The van der Waals surface area contributed by atoms with Crippen LogP contribution in [-0.4, -0.2) is 9.78 Å². The number of aryl methyl sites for hydroxylation is 1. The van der Waals surface area contributed by atoms with Gasteiger partial charge in [0, 0.05) is 6.54 Å². The second-order valence-corrected chi connectivity index (χ2v) is 5.23. The Morgan fingerprint density at radius 3 is 3.06 bits per heavy atom. The number of hydrogen-bond donors (Lipinski definition) is 1.